The Morgan fingerprint density at radius 1 is 1.11 bits per heavy atom. The number of rotatable bonds is 5. The zero-order valence-corrected chi connectivity index (χ0v) is 15.5. The highest BCUT2D eigenvalue weighted by Gasteiger charge is 2.27. The third kappa shape index (κ3) is 3.43. The molecule has 27 heavy (non-hydrogen) atoms. The average molecular weight is 399 g/mol. The summed E-state index contributed by atoms with van der Waals surface area (Å²) in [5.74, 6) is 3.12. The number of benzene rings is 1. The van der Waals surface area contributed by atoms with Crippen LogP contribution in [0.5, 0.6) is 11.5 Å². The Hall–Kier alpha value is -2.78. The highest BCUT2D eigenvalue weighted by atomic mass is 32.2. The molecule has 0 saturated carbocycles. The number of hydrogen-bond acceptors (Lipinski definition) is 9. The predicted molar refractivity (Wildman–Crippen MR) is 99.0 cm³/mol. The fraction of sp³-hybridized carbons (Fsp3) is 0.167. The second-order valence-corrected chi connectivity index (χ2v) is 7.59. The molecule has 0 radical (unpaired) electrons. The Morgan fingerprint density at radius 2 is 2.04 bits per heavy atom. The van der Waals surface area contributed by atoms with Crippen molar-refractivity contribution in [1.82, 2.24) is 15.4 Å². The molecule has 0 N–H and O–H groups in total. The molecule has 0 spiro atoms. The molecule has 1 aliphatic rings. The Balaban J connectivity index is 1.23. The van der Waals surface area contributed by atoms with Crippen molar-refractivity contribution < 1.29 is 18.4 Å². The lowest BCUT2D eigenvalue weighted by atomic mass is 10.2. The van der Waals surface area contributed by atoms with Crippen molar-refractivity contribution in [2.75, 3.05) is 6.61 Å². The molecule has 0 aliphatic carbocycles. The summed E-state index contributed by atoms with van der Waals surface area (Å²) in [5.41, 5.74) is 0.814. The van der Waals surface area contributed by atoms with Crippen LogP contribution in [-0.4, -0.2) is 22.0 Å². The van der Waals surface area contributed by atoms with Crippen molar-refractivity contribution in [2.45, 2.75) is 17.1 Å². The molecule has 0 fully saturated rings. The summed E-state index contributed by atoms with van der Waals surface area (Å²) in [7, 11) is 0. The van der Waals surface area contributed by atoms with Gasteiger partial charge in [0.25, 0.3) is 11.1 Å². The molecule has 0 saturated heterocycles. The fourth-order valence-corrected chi connectivity index (χ4v) is 3.92. The molecule has 1 atom stereocenters. The number of thioether (sulfide) groups is 1. The van der Waals surface area contributed by atoms with Gasteiger partial charge in [0.15, 0.2) is 17.3 Å². The minimum atomic E-state index is -0.417. The number of hydrogen-bond donors (Lipinski definition) is 0. The molecular weight excluding hydrogens is 386 g/mol. The molecule has 136 valence electrons. The topological polar surface area (TPSA) is 83.4 Å². The SMILES string of the molecule is c1csc(-c2cc(CSc3nnc(C4COc5ccccc5O4)o3)no2)c1. The molecule has 1 unspecified atom stereocenters. The van der Waals surface area contributed by atoms with Gasteiger partial charge in [-0.15, -0.1) is 21.5 Å². The van der Waals surface area contributed by atoms with Crippen LogP contribution in [0.15, 0.2) is 62.0 Å². The van der Waals surface area contributed by atoms with Gasteiger partial charge >= 0.3 is 0 Å². The van der Waals surface area contributed by atoms with Crippen LogP contribution in [0, 0.1) is 0 Å². The standard InChI is InChI=1S/C18H13N3O4S2/c1-2-5-13-12(4-1)22-9-15(23-13)17-19-20-18(24-17)27-10-11-8-14(25-21-11)16-6-3-7-26-16/h1-8,15H,9-10H2. The first-order chi connectivity index (χ1) is 13.3. The summed E-state index contributed by atoms with van der Waals surface area (Å²) in [5, 5.41) is 14.7. The van der Waals surface area contributed by atoms with Crippen molar-refractivity contribution in [3.63, 3.8) is 0 Å². The maximum atomic E-state index is 5.88. The predicted octanol–water partition coefficient (Wildman–Crippen LogP) is 4.59. The van der Waals surface area contributed by atoms with Crippen molar-refractivity contribution in [3.05, 3.63) is 59.4 Å². The Morgan fingerprint density at radius 3 is 2.93 bits per heavy atom. The number of fused-ring (bicyclic) bond motifs is 1. The van der Waals surface area contributed by atoms with Crippen LogP contribution < -0.4 is 9.47 Å². The van der Waals surface area contributed by atoms with Gasteiger partial charge in [-0.1, -0.05) is 35.1 Å². The van der Waals surface area contributed by atoms with Crippen molar-refractivity contribution in [3.8, 4) is 22.1 Å². The first-order valence-corrected chi connectivity index (χ1v) is 10.1. The van der Waals surface area contributed by atoms with Crippen LogP contribution in [0.25, 0.3) is 10.6 Å². The number of thiophene rings is 1. The molecular formula is C18H13N3O4S2. The summed E-state index contributed by atoms with van der Waals surface area (Å²) >= 11 is 3.01. The molecule has 0 amide bonds. The van der Waals surface area contributed by atoms with Crippen LogP contribution >= 0.6 is 23.1 Å². The second-order valence-electron chi connectivity index (χ2n) is 5.72. The van der Waals surface area contributed by atoms with E-state index in [1.807, 2.05) is 47.8 Å². The lowest BCUT2D eigenvalue weighted by molar-refractivity contribution is 0.0686. The second kappa shape index (κ2) is 7.09. The van der Waals surface area contributed by atoms with Gasteiger partial charge < -0.3 is 18.4 Å². The summed E-state index contributed by atoms with van der Waals surface area (Å²) < 4.78 is 22.7. The van der Waals surface area contributed by atoms with E-state index in [1.165, 1.54) is 11.8 Å². The molecule has 3 aromatic heterocycles. The maximum Gasteiger partial charge on any atom is 0.277 e. The smallest absolute Gasteiger partial charge is 0.277 e. The average Bonchev–Trinajstić information content (AvgIpc) is 3.47. The molecule has 4 aromatic rings. The van der Waals surface area contributed by atoms with Crippen LogP contribution in [0.4, 0.5) is 0 Å². The quantitative estimate of drug-likeness (QED) is 0.451. The van der Waals surface area contributed by atoms with Crippen LogP contribution in [-0.2, 0) is 5.75 Å². The van der Waals surface area contributed by atoms with E-state index in [-0.39, 0.29) is 0 Å². The van der Waals surface area contributed by atoms with Gasteiger partial charge in [-0.3, -0.25) is 0 Å². The normalized spacial score (nSPS) is 15.8. The van der Waals surface area contributed by atoms with E-state index in [4.69, 9.17) is 18.4 Å². The highest BCUT2D eigenvalue weighted by Crippen LogP contribution is 2.36. The van der Waals surface area contributed by atoms with E-state index < -0.39 is 6.10 Å². The van der Waals surface area contributed by atoms with Crippen molar-refractivity contribution in [1.29, 1.82) is 0 Å². The number of aromatic nitrogens is 3. The van der Waals surface area contributed by atoms with Gasteiger partial charge in [0.05, 0.1) is 10.6 Å². The highest BCUT2D eigenvalue weighted by molar-refractivity contribution is 7.98. The minimum Gasteiger partial charge on any atom is -0.485 e. The van der Waals surface area contributed by atoms with Gasteiger partial charge in [-0.05, 0) is 23.6 Å². The van der Waals surface area contributed by atoms with E-state index in [0.717, 1.165) is 22.1 Å². The van der Waals surface area contributed by atoms with E-state index in [9.17, 15) is 0 Å². The third-order valence-electron chi connectivity index (χ3n) is 3.87. The molecule has 5 rings (SSSR count). The van der Waals surface area contributed by atoms with E-state index >= 15 is 0 Å². The third-order valence-corrected chi connectivity index (χ3v) is 5.61. The summed E-state index contributed by atoms with van der Waals surface area (Å²) in [6.07, 6.45) is -0.417. The molecule has 9 heteroatoms. The fourth-order valence-electron chi connectivity index (χ4n) is 2.60. The van der Waals surface area contributed by atoms with E-state index in [2.05, 4.69) is 15.4 Å². The largest absolute Gasteiger partial charge is 0.485 e. The lowest BCUT2D eigenvalue weighted by Gasteiger charge is -2.23. The van der Waals surface area contributed by atoms with Crippen molar-refractivity contribution in [2.24, 2.45) is 0 Å². The maximum absolute atomic E-state index is 5.88. The first-order valence-electron chi connectivity index (χ1n) is 8.19. The summed E-state index contributed by atoms with van der Waals surface area (Å²) in [6.45, 7) is 0.330. The summed E-state index contributed by atoms with van der Waals surface area (Å²) in [4.78, 5) is 1.05. The van der Waals surface area contributed by atoms with Crippen LogP contribution in [0.2, 0.25) is 0 Å². The van der Waals surface area contributed by atoms with Crippen LogP contribution in [0.3, 0.4) is 0 Å². The van der Waals surface area contributed by atoms with Gasteiger partial charge in [-0.25, -0.2) is 0 Å². The Kier molecular flexibility index (Phi) is 4.30. The zero-order chi connectivity index (χ0) is 18.1. The Labute approximate surface area is 162 Å². The number of para-hydroxylation sites is 2. The molecule has 0 bridgehead atoms. The molecule has 1 aliphatic heterocycles. The monoisotopic (exact) mass is 399 g/mol. The Bertz CT molecular complexity index is 1040. The molecule has 7 nitrogen and oxygen atoms in total. The van der Waals surface area contributed by atoms with E-state index in [0.29, 0.717) is 29.2 Å². The number of ether oxygens (including phenoxy) is 2. The number of nitrogens with zero attached hydrogens (tertiary/aromatic N) is 3. The minimum absolute atomic E-state index is 0.330. The lowest BCUT2D eigenvalue weighted by Crippen LogP contribution is -2.21. The van der Waals surface area contributed by atoms with Gasteiger partial charge in [0.1, 0.15) is 6.61 Å². The van der Waals surface area contributed by atoms with Gasteiger partial charge in [-0.2, -0.15) is 0 Å². The molecule has 1 aromatic carbocycles. The van der Waals surface area contributed by atoms with Gasteiger partial charge in [0.2, 0.25) is 6.10 Å². The van der Waals surface area contributed by atoms with Crippen molar-refractivity contribution >= 4 is 23.1 Å². The van der Waals surface area contributed by atoms with Gasteiger partial charge in [0, 0.05) is 11.8 Å². The van der Waals surface area contributed by atoms with E-state index in [1.54, 1.807) is 11.3 Å². The first kappa shape index (κ1) is 16.4. The van der Waals surface area contributed by atoms with Crippen LogP contribution in [0.1, 0.15) is 17.7 Å². The zero-order valence-electron chi connectivity index (χ0n) is 13.9. The molecule has 4 heterocycles. The summed E-state index contributed by atoms with van der Waals surface area (Å²) in [6, 6.07) is 13.4.